The van der Waals surface area contributed by atoms with E-state index in [1.807, 2.05) is 54.6 Å². The fourth-order valence-corrected chi connectivity index (χ4v) is 3.49. The van der Waals surface area contributed by atoms with Crippen molar-refractivity contribution in [3.8, 4) is 5.75 Å². The number of benzene rings is 3. The number of hydrogen-bond acceptors (Lipinski definition) is 6. The van der Waals surface area contributed by atoms with Crippen LogP contribution < -0.4 is 26.2 Å². The maximum atomic E-state index is 12.5. The largest absolute Gasteiger partial charge is 0.495 e. The quantitative estimate of drug-likeness (QED) is 0.186. The number of methoxy groups -OCH3 is 1. The van der Waals surface area contributed by atoms with Gasteiger partial charge in [-0.15, -0.1) is 0 Å². The minimum absolute atomic E-state index is 0.224. The van der Waals surface area contributed by atoms with Gasteiger partial charge in [0.2, 0.25) is 5.91 Å². The summed E-state index contributed by atoms with van der Waals surface area (Å²) in [5.74, 6) is -1.68. The number of hydrazine groups is 1. The Kier molecular flexibility index (Phi) is 6.96. The fraction of sp³-hybridized carbons (Fsp3) is 0.115. The molecule has 35 heavy (non-hydrogen) atoms. The van der Waals surface area contributed by atoms with Gasteiger partial charge in [-0.25, -0.2) is 0 Å². The number of ether oxygens (including phenoxy) is 1. The Balaban J connectivity index is 1.35. The van der Waals surface area contributed by atoms with Crippen LogP contribution in [-0.4, -0.2) is 24.8 Å². The molecule has 4 N–H and O–H groups in total. The first kappa shape index (κ1) is 23.4. The van der Waals surface area contributed by atoms with Crippen LogP contribution in [0.3, 0.4) is 0 Å². The Hall–Kier alpha value is -4.79. The third-order valence-electron chi connectivity index (χ3n) is 5.18. The minimum atomic E-state index is -0.883. The van der Waals surface area contributed by atoms with Crippen LogP contribution in [0.2, 0.25) is 0 Å². The first-order valence-electron chi connectivity index (χ1n) is 10.8. The van der Waals surface area contributed by atoms with E-state index >= 15 is 0 Å². The lowest BCUT2D eigenvalue weighted by molar-refractivity contribution is -0.139. The van der Waals surface area contributed by atoms with E-state index in [1.165, 1.54) is 13.2 Å². The molecule has 4 aromatic rings. The molecule has 0 radical (unpaired) electrons. The molecule has 0 saturated carbocycles. The van der Waals surface area contributed by atoms with E-state index < -0.39 is 17.7 Å². The first-order valence-corrected chi connectivity index (χ1v) is 10.8. The molecule has 1 heterocycles. The van der Waals surface area contributed by atoms with E-state index in [4.69, 9.17) is 9.15 Å². The van der Waals surface area contributed by atoms with Gasteiger partial charge in [0.1, 0.15) is 16.9 Å². The Morgan fingerprint density at radius 2 is 1.63 bits per heavy atom. The third-order valence-corrected chi connectivity index (χ3v) is 5.18. The van der Waals surface area contributed by atoms with Gasteiger partial charge in [-0.1, -0.05) is 48.5 Å². The summed E-state index contributed by atoms with van der Waals surface area (Å²) in [7, 11) is 1.51. The summed E-state index contributed by atoms with van der Waals surface area (Å²) >= 11 is 0. The highest BCUT2D eigenvalue weighted by atomic mass is 16.5. The van der Waals surface area contributed by atoms with Crippen molar-refractivity contribution in [1.29, 1.82) is 0 Å². The van der Waals surface area contributed by atoms with E-state index in [9.17, 15) is 14.4 Å². The van der Waals surface area contributed by atoms with Crippen molar-refractivity contribution in [3.05, 3.63) is 84.1 Å². The van der Waals surface area contributed by atoms with Gasteiger partial charge in [0, 0.05) is 35.2 Å². The van der Waals surface area contributed by atoms with Crippen LogP contribution in [-0.2, 0) is 20.9 Å². The van der Waals surface area contributed by atoms with Crippen molar-refractivity contribution in [2.45, 2.75) is 13.5 Å². The average molecular weight is 473 g/mol. The smallest absolute Gasteiger partial charge is 0.327 e. The van der Waals surface area contributed by atoms with E-state index in [-0.39, 0.29) is 6.54 Å². The van der Waals surface area contributed by atoms with Crippen LogP contribution in [0.5, 0.6) is 5.75 Å². The van der Waals surface area contributed by atoms with E-state index in [0.717, 1.165) is 21.9 Å². The van der Waals surface area contributed by atoms with Crippen LogP contribution in [0.4, 0.5) is 5.69 Å². The van der Waals surface area contributed by atoms with Crippen LogP contribution in [0.25, 0.3) is 21.9 Å². The number of nitrogens with one attached hydrogen (secondary N) is 4. The van der Waals surface area contributed by atoms with E-state index in [0.29, 0.717) is 22.7 Å². The van der Waals surface area contributed by atoms with Gasteiger partial charge in [-0.2, -0.15) is 0 Å². The van der Waals surface area contributed by atoms with Crippen molar-refractivity contribution >= 4 is 45.3 Å². The second-order valence-corrected chi connectivity index (χ2v) is 7.71. The molecular formula is C26H24N4O5. The summed E-state index contributed by atoms with van der Waals surface area (Å²) in [6, 6.07) is 20.3. The average Bonchev–Trinajstić information content (AvgIpc) is 3.23. The number of para-hydroxylation sites is 1. The number of carbonyl (C=O) groups excluding carboxylic acids is 3. The molecule has 0 saturated heterocycles. The molecular weight excluding hydrogens is 448 g/mol. The minimum Gasteiger partial charge on any atom is -0.495 e. The van der Waals surface area contributed by atoms with Gasteiger partial charge < -0.3 is 25.2 Å². The lowest BCUT2D eigenvalue weighted by Gasteiger charge is -2.11. The molecule has 178 valence electrons. The molecule has 0 aliphatic rings. The van der Waals surface area contributed by atoms with E-state index in [2.05, 4.69) is 21.5 Å². The summed E-state index contributed by atoms with van der Waals surface area (Å²) in [4.78, 5) is 36.5. The summed E-state index contributed by atoms with van der Waals surface area (Å²) in [6.45, 7) is 1.79. The highest BCUT2D eigenvalue weighted by Gasteiger charge is 2.15. The van der Waals surface area contributed by atoms with Crippen molar-refractivity contribution in [2.75, 3.05) is 12.4 Å². The molecule has 4 rings (SSSR count). The normalized spacial score (nSPS) is 11.2. The number of fused-ring (bicyclic) bond motifs is 3. The van der Waals surface area contributed by atoms with Gasteiger partial charge >= 0.3 is 11.8 Å². The monoisotopic (exact) mass is 472 g/mol. The van der Waals surface area contributed by atoms with Crippen LogP contribution in [0, 0.1) is 0 Å². The standard InChI is InChI=1S/C26H24N4O5/c1-16(29-30-26(33)25(32)27-15-17-8-4-3-5-9-17)12-24(31)28-20-14-22-19(13-23(20)34-2)18-10-6-7-11-21(18)35-22/h3-14,29H,15H2,1-2H3,(H,27,32)(H,28,31)(H,30,33). The summed E-state index contributed by atoms with van der Waals surface area (Å²) < 4.78 is 11.3. The zero-order valence-electron chi connectivity index (χ0n) is 19.2. The number of rotatable bonds is 7. The number of allylic oxidation sites excluding steroid dienone is 1. The molecule has 9 heteroatoms. The highest BCUT2D eigenvalue weighted by molar-refractivity contribution is 6.34. The topological polar surface area (TPSA) is 122 Å². The molecule has 0 atom stereocenters. The molecule has 3 amide bonds. The number of furan rings is 1. The van der Waals surface area contributed by atoms with Crippen LogP contribution in [0.15, 0.2) is 82.9 Å². The van der Waals surface area contributed by atoms with Gasteiger partial charge in [0.05, 0.1) is 12.8 Å². The lowest BCUT2D eigenvalue weighted by atomic mass is 10.1. The van der Waals surface area contributed by atoms with E-state index in [1.54, 1.807) is 19.1 Å². The number of carbonyl (C=O) groups is 3. The van der Waals surface area contributed by atoms with Crippen molar-refractivity contribution in [3.63, 3.8) is 0 Å². The summed E-state index contributed by atoms with van der Waals surface area (Å²) in [6.07, 6.45) is 1.24. The fourth-order valence-electron chi connectivity index (χ4n) is 3.49. The first-order chi connectivity index (χ1) is 16.9. The SMILES string of the molecule is COc1cc2c(cc1NC(=O)C=C(C)NNC(=O)C(=O)NCc1ccccc1)oc1ccccc12. The zero-order valence-corrected chi connectivity index (χ0v) is 19.2. The molecule has 0 aliphatic heterocycles. The van der Waals surface area contributed by atoms with Crippen LogP contribution >= 0.6 is 0 Å². The number of hydrogen-bond donors (Lipinski definition) is 4. The molecule has 0 spiro atoms. The molecule has 0 unspecified atom stereocenters. The van der Waals surface area contributed by atoms with Crippen LogP contribution in [0.1, 0.15) is 12.5 Å². The second kappa shape index (κ2) is 10.4. The molecule has 0 fully saturated rings. The zero-order chi connectivity index (χ0) is 24.8. The predicted octanol–water partition coefficient (Wildman–Crippen LogP) is 3.37. The van der Waals surface area contributed by atoms with Crippen molar-refractivity contribution in [2.24, 2.45) is 0 Å². The van der Waals surface area contributed by atoms with Gasteiger partial charge in [0.25, 0.3) is 0 Å². The molecule has 1 aromatic heterocycles. The third kappa shape index (κ3) is 5.59. The molecule has 9 nitrogen and oxygen atoms in total. The number of anilines is 1. The number of amides is 3. The highest BCUT2D eigenvalue weighted by Crippen LogP contribution is 2.36. The molecule has 3 aromatic carbocycles. The Bertz CT molecular complexity index is 1430. The maximum absolute atomic E-state index is 12.5. The molecule has 0 bridgehead atoms. The van der Waals surface area contributed by atoms with Crippen molar-refractivity contribution in [1.82, 2.24) is 16.2 Å². The Morgan fingerprint density at radius 3 is 2.40 bits per heavy atom. The lowest BCUT2D eigenvalue weighted by Crippen LogP contribution is -2.45. The Labute approximate surface area is 201 Å². The predicted molar refractivity (Wildman–Crippen MR) is 132 cm³/mol. The van der Waals surface area contributed by atoms with Gasteiger partial charge in [-0.3, -0.25) is 19.8 Å². The van der Waals surface area contributed by atoms with Gasteiger partial charge in [-0.05, 0) is 24.6 Å². The maximum Gasteiger partial charge on any atom is 0.327 e. The van der Waals surface area contributed by atoms with Crippen molar-refractivity contribution < 1.29 is 23.5 Å². The second-order valence-electron chi connectivity index (χ2n) is 7.71. The summed E-state index contributed by atoms with van der Waals surface area (Å²) in [5, 5.41) is 7.08. The van der Waals surface area contributed by atoms with Gasteiger partial charge in [0.15, 0.2) is 0 Å². The Morgan fingerprint density at radius 1 is 0.886 bits per heavy atom. The summed E-state index contributed by atoms with van der Waals surface area (Å²) in [5.41, 5.74) is 7.75. The molecule has 0 aliphatic carbocycles.